The minimum atomic E-state index is -4.48. The van der Waals surface area contributed by atoms with E-state index in [1.54, 1.807) is 4.90 Å². The lowest BCUT2D eigenvalue weighted by atomic mass is 9.47. The summed E-state index contributed by atoms with van der Waals surface area (Å²) in [6.45, 7) is 5.41. The zero-order valence-corrected chi connectivity index (χ0v) is 19.8. The zero-order chi connectivity index (χ0) is 24.2. The third-order valence-electron chi connectivity index (χ3n) is 8.86. The monoisotopic (exact) mass is 484 g/mol. The Morgan fingerprint density at radius 2 is 2.09 bits per heavy atom. The van der Waals surface area contributed by atoms with Gasteiger partial charge < -0.3 is 10.6 Å². The normalized spacial score (nSPS) is 30.6. The fourth-order valence-electron chi connectivity index (χ4n) is 7.18. The average molecular weight is 485 g/mol. The Bertz CT molecular complexity index is 939. The number of pyridine rings is 1. The number of amides is 1. The van der Waals surface area contributed by atoms with Crippen molar-refractivity contribution in [3.8, 4) is 0 Å². The minimum Gasteiger partial charge on any atom is -0.369 e. The molecule has 0 aromatic carbocycles. The zero-order valence-electron chi connectivity index (χ0n) is 18.9. The van der Waals surface area contributed by atoms with Crippen molar-refractivity contribution >= 4 is 30.3 Å². The number of hydrogen-bond acceptors (Lipinski definition) is 6. The summed E-state index contributed by atoms with van der Waals surface area (Å²) in [7, 11) is 0. The maximum atomic E-state index is 13.2. The van der Waals surface area contributed by atoms with Crippen LogP contribution < -0.4 is 15.4 Å². The van der Waals surface area contributed by atoms with E-state index in [1.807, 2.05) is 0 Å². The molecule has 1 spiro atoms. The number of nitrogens with two attached hydrogens (primary N) is 1. The highest BCUT2D eigenvalue weighted by Crippen LogP contribution is 2.88. The quantitative estimate of drug-likeness (QED) is 0.466. The van der Waals surface area contributed by atoms with Gasteiger partial charge >= 0.3 is 6.18 Å². The lowest BCUT2D eigenvalue weighted by Gasteiger charge is -2.55. The Balaban J connectivity index is 1.58. The number of rotatable bonds is 9. The molecule has 1 heterocycles. The Morgan fingerprint density at radius 1 is 1.36 bits per heavy atom. The van der Waals surface area contributed by atoms with E-state index in [-0.39, 0.29) is 23.2 Å². The van der Waals surface area contributed by atoms with E-state index in [4.69, 9.17) is 5.73 Å². The summed E-state index contributed by atoms with van der Waals surface area (Å²) in [5.74, 6) is -0.0804. The van der Waals surface area contributed by atoms with Crippen LogP contribution in [-0.2, 0) is 15.8 Å². The van der Waals surface area contributed by atoms with Crippen LogP contribution in [0.15, 0.2) is 18.3 Å². The lowest BCUT2D eigenvalue weighted by molar-refractivity contribution is -0.154. The van der Waals surface area contributed by atoms with Crippen LogP contribution in [-0.4, -0.2) is 36.3 Å². The molecule has 10 heteroatoms. The molecule has 3 saturated carbocycles. The highest BCUT2D eigenvalue weighted by atomic mass is 32.1. The Morgan fingerprint density at radius 3 is 2.61 bits per heavy atom. The van der Waals surface area contributed by atoms with Gasteiger partial charge in [-0.05, 0) is 54.6 Å². The van der Waals surface area contributed by atoms with E-state index in [0.29, 0.717) is 37.7 Å². The predicted octanol–water partition coefficient (Wildman–Crippen LogP) is 3.62. The lowest BCUT2D eigenvalue weighted by Crippen LogP contribution is -2.56. The summed E-state index contributed by atoms with van der Waals surface area (Å²) < 4.78 is 41.6. The van der Waals surface area contributed by atoms with Crippen LogP contribution in [0.1, 0.15) is 51.5 Å². The Kier molecular flexibility index (Phi) is 6.00. The second-order valence-corrected chi connectivity index (χ2v) is 10.7. The number of carbonyl (C=O) groups excluding carboxylic acids is 2. The van der Waals surface area contributed by atoms with Crippen LogP contribution in [0.4, 0.5) is 19.0 Å². The first-order valence-corrected chi connectivity index (χ1v) is 11.8. The van der Waals surface area contributed by atoms with Crippen LogP contribution >= 0.6 is 12.8 Å². The maximum absolute atomic E-state index is 13.2. The number of halogens is 3. The average Bonchev–Trinajstić information content (AvgIpc) is 3.27. The molecule has 1 aromatic heterocycles. The van der Waals surface area contributed by atoms with E-state index in [1.165, 1.54) is 6.07 Å². The molecule has 3 N–H and O–H groups in total. The second kappa shape index (κ2) is 8.15. The number of carbonyl (C=O) groups is 2. The first kappa shape index (κ1) is 24.3. The number of nitrogens with one attached hydrogen (secondary N) is 1. The minimum absolute atomic E-state index is 0.0485. The third-order valence-corrected chi connectivity index (χ3v) is 9.08. The van der Waals surface area contributed by atoms with E-state index < -0.39 is 29.0 Å². The molecule has 0 aliphatic heterocycles. The molecule has 1 aromatic rings. The van der Waals surface area contributed by atoms with Crippen molar-refractivity contribution in [1.82, 2.24) is 9.71 Å². The molecule has 4 unspecified atom stereocenters. The van der Waals surface area contributed by atoms with Gasteiger partial charge in [-0.25, -0.2) is 4.98 Å². The fraction of sp³-hybridized carbons (Fsp3) is 0.696. The molecule has 3 aliphatic carbocycles. The van der Waals surface area contributed by atoms with Crippen LogP contribution in [0.5, 0.6) is 0 Å². The van der Waals surface area contributed by atoms with Crippen molar-refractivity contribution in [2.45, 2.75) is 52.1 Å². The molecule has 0 saturated heterocycles. The van der Waals surface area contributed by atoms with Crippen molar-refractivity contribution in [1.29, 1.82) is 0 Å². The van der Waals surface area contributed by atoms with Crippen LogP contribution in [0.3, 0.4) is 0 Å². The topological polar surface area (TPSA) is 88.3 Å². The Labute approximate surface area is 197 Å². The van der Waals surface area contributed by atoms with E-state index in [9.17, 15) is 22.8 Å². The molecule has 3 aliphatic rings. The predicted molar refractivity (Wildman–Crippen MR) is 121 cm³/mol. The van der Waals surface area contributed by atoms with Crippen molar-refractivity contribution in [3.63, 3.8) is 0 Å². The van der Waals surface area contributed by atoms with Crippen molar-refractivity contribution in [2.24, 2.45) is 33.8 Å². The SMILES string of the molecule is CC1(C)C2CCC(=O)C3(CC(CN(CCNS)c4ccc(C(F)(F)F)cn4)C(N)=O)CCC231. The number of anilines is 1. The standard InChI is InChI=1S/C23H31F3N4O2S/c1-20(2)16-4-5-17(31)21(7-8-22(16,20)21)11-14(19(27)32)13-30(10-9-29-33)18-6-3-15(12-28-18)23(24,25)26/h3,6,12,14,16,29,33H,4-5,7-11,13H2,1-2H3,(H2,27,32). The number of Topliss-reactive ketones (excluding diaryl/α,β-unsaturated/α-hetero) is 1. The number of thiol groups is 1. The molecule has 6 nitrogen and oxygen atoms in total. The van der Waals surface area contributed by atoms with Crippen molar-refractivity contribution in [2.75, 3.05) is 24.5 Å². The summed E-state index contributed by atoms with van der Waals surface area (Å²) >= 11 is 4.00. The van der Waals surface area contributed by atoms with Crippen molar-refractivity contribution in [3.05, 3.63) is 23.9 Å². The number of aromatic nitrogens is 1. The molecule has 0 radical (unpaired) electrons. The van der Waals surface area contributed by atoms with Gasteiger partial charge in [0.25, 0.3) is 0 Å². The summed E-state index contributed by atoms with van der Waals surface area (Å²) in [6, 6.07) is 2.28. The van der Waals surface area contributed by atoms with Gasteiger partial charge in [0, 0.05) is 37.7 Å². The van der Waals surface area contributed by atoms with Crippen LogP contribution in [0.25, 0.3) is 0 Å². The van der Waals surface area contributed by atoms with Gasteiger partial charge in [0.15, 0.2) is 0 Å². The largest absolute Gasteiger partial charge is 0.417 e. The van der Waals surface area contributed by atoms with Gasteiger partial charge in [-0.2, -0.15) is 13.2 Å². The first-order valence-electron chi connectivity index (χ1n) is 11.4. The number of hydrogen-bond donors (Lipinski definition) is 3. The smallest absolute Gasteiger partial charge is 0.369 e. The van der Waals surface area contributed by atoms with Crippen molar-refractivity contribution < 1.29 is 22.8 Å². The molecule has 1 amide bonds. The van der Waals surface area contributed by atoms with Gasteiger partial charge in [-0.15, -0.1) is 0 Å². The van der Waals surface area contributed by atoms with Gasteiger partial charge in [-0.3, -0.25) is 14.3 Å². The van der Waals surface area contributed by atoms with E-state index >= 15 is 0 Å². The van der Waals surface area contributed by atoms with E-state index in [0.717, 1.165) is 31.5 Å². The molecule has 4 rings (SSSR count). The number of alkyl halides is 3. The summed E-state index contributed by atoms with van der Waals surface area (Å²) in [5.41, 5.74) is 4.47. The fourth-order valence-corrected chi connectivity index (χ4v) is 7.28. The Hall–Kier alpha value is -1.81. The van der Waals surface area contributed by atoms with Gasteiger partial charge in [0.05, 0.1) is 11.5 Å². The molecule has 182 valence electrons. The molecular weight excluding hydrogens is 453 g/mol. The molecule has 33 heavy (non-hydrogen) atoms. The van der Waals surface area contributed by atoms with Gasteiger partial charge in [0.2, 0.25) is 5.91 Å². The highest BCUT2D eigenvalue weighted by molar-refractivity contribution is 7.78. The van der Waals surface area contributed by atoms with Gasteiger partial charge in [0.1, 0.15) is 11.6 Å². The molecule has 4 atom stereocenters. The molecule has 3 fully saturated rings. The maximum Gasteiger partial charge on any atom is 0.417 e. The third kappa shape index (κ3) is 3.64. The van der Waals surface area contributed by atoms with Crippen LogP contribution in [0, 0.1) is 28.1 Å². The molecule has 0 bridgehead atoms. The van der Waals surface area contributed by atoms with Crippen LogP contribution in [0.2, 0.25) is 0 Å². The summed E-state index contributed by atoms with van der Waals surface area (Å²) in [6.07, 6.45) is -0.101. The second-order valence-electron chi connectivity index (χ2n) is 10.3. The number of ketones is 1. The highest BCUT2D eigenvalue weighted by Gasteiger charge is 2.85. The first-order chi connectivity index (χ1) is 15.4. The number of nitrogens with zero attached hydrogens (tertiary/aromatic N) is 2. The van der Waals surface area contributed by atoms with Gasteiger partial charge in [-0.1, -0.05) is 26.7 Å². The number of primary amides is 1. The van der Waals surface area contributed by atoms with E-state index in [2.05, 4.69) is 36.4 Å². The summed E-state index contributed by atoms with van der Waals surface area (Å²) in [4.78, 5) is 31.5. The summed E-state index contributed by atoms with van der Waals surface area (Å²) in [5, 5.41) is 0. The molecular formula is C23H31F3N4O2S.